The van der Waals surface area contributed by atoms with Gasteiger partial charge < -0.3 is 24.4 Å². The van der Waals surface area contributed by atoms with E-state index in [1.165, 1.54) is 0 Å². The van der Waals surface area contributed by atoms with Gasteiger partial charge in [-0.15, -0.1) is 0 Å². The molecule has 156 valence electrons. The molecule has 1 aliphatic rings. The van der Waals surface area contributed by atoms with E-state index >= 15 is 0 Å². The van der Waals surface area contributed by atoms with Gasteiger partial charge in [0.25, 0.3) is 5.91 Å². The van der Waals surface area contributed by atoms with Crippen molar-refractivity contribution in [3.8, 4) is 5.75 Å². The Hall–Kier alpha value is -2.83. The van der Waals surface area contributed by atoms with E-state index in [1.54, 1.807) is 13.0 Å². The van der Waals surface area contributed by atoms with Gasteiger partial charge in [-0.25, -0.2) is 4.79 Å². The van der Waals surface area contributed by atoms with Crippen LogP contribution in [0.15, 0.2) is 21.3 Å². The van der Waals surface area contributed by atoms with Crippen molar-refractivity contribution >= 4 is 22.8 Å². The highest BCUT2D eigenvalue weighted by atomic mass is 16.5. The zero-order valence-corrected chi connectivity index (χ0v) is 17.0. The van der Waals surface area contributed by atoms with Crippen molar-refractivity contribution in [2.75, 3.05) is 6.61 Å². The Labute approximate surface area is 169 Å². The summed E-state index contributed by atoms with van der Waals surface area (Å²) in [5.74, 6) is -1.36. The second kappa shape index (κ2) is 8.68. The number of ether oxygens (including phenoxy) is 1. The molecule has 1 amide bonds. The predicted molar refractivity (Wildman–Crippen MR) is 106 cm³/mol. The van der Waals surface area contributed by atoms with E-state index in [1.807, 2.05) is 19.9 Å². The fourth-order valence-corrected chi connectivity index (χ4v) is 3.85. The number of hydrogen-bond acceptors (Lipinski definition) is 6. The van der Waals surface area contributed by atoms with Crippen LogP contribution in [0.2, 0.25) is 0 Å². The Morgan fingerprint density at radius 3 is 2.55 bits per heavy atom. The maximum absolute atomic E-state index is 12.3. The van der Waals surface area contributed by atoms with E-state index in [4.69, 9.17) is 9.15 Å². The van der Waals surface area contributed by atoms with Crippen LogP contribution in [-0.2, 0) is 22.4 Å². The lowest BCUT2D eigenvalue weighted by molar-refractivity contribution is -0.308. The lowest BCUT2D eigenvalue weighted by Gasteiger charge is -2.21. The van der Waals surface area contributed by atoms with Gasteiger partial charge in [-0.3, -0.25) is 4.79 Å². The Morgan fingerprint density at radius 1 is 1.21 bits per heavy atom. The van der Waals surface area contributed by atoms with Crippen molar-refractivity contribution in [2.45, 2.75) is 58.9 Å². The fraction of sp³-hybridized carbons (Fsp3) is 0.500. The summed E-state index contributed by atoms with van der Waals surface area (Å²) < 4.78 is 11.1. The number of hydrogen-bond donors (Lipinski definition) is 1. The number of aliphatic carboxylic acids is 1. The molecule has 1 aromatic heterocycles. The molecule has 29 heavy (non-hydrogen) atoms. The molecule has 0 fully saturated rings. The Kier molecular flexibility index (Phi) is 6.25. The third kappa shape index (κ3) is 4.60. The van der Waals surface area contributed by atoms with Crippen LogP contribution in [0.1, 0.15) is 49.8 Å². The molecule has 7 nitrogen and oxygen atoms in total. The first kappa shape index (κ1) is 20.9. The van der Waals surface area contributed by atoms with Crippen LogP contribution in [0.3, 0.4) is 0 Å². The largest absolute Gasteiger partial charge is 0.548 e. The highest BCUT2D eigenvalue weighted by Gasteiger charge is 2.21. The molecule has 1 aliphatic carbocycles. The smallest absolute Gasteiger partial charge is 0.339 e. The van der Waals surface area contributed by atoms with E-state index in [0.717, 1.165) is 42.2 Å². The molecular weight excluding hydrogens is 374 g/mol. The van der Waals surface area contributed by atoms with E-state index in [-0.39, 0.29) is 24.6 Å². The molecule has 0 unspecified atom stereocenters. The molecular formula is C22H26NO6-. The molecule has 0 saturated carbocycles. The number of carbonyl (C=O) groups excluding carboxylic acids is 2. The van der Waals surface area contributed by atoms with Crippen molar-refractivity contribution in [1.29, 1.82) is 0 Å². The van der Waals surface area contributed by atoms with Gasteiger partial charge in [-0.1, -0.05) is 13.8 Å². The van der Waals surface area contributed by atoms with Gasteiger partial charge in [0, 0.05) is 16.5 Å². The minimum absolute atomic E-state index is 0.0932. The predicted octanol–water partition coefficient (Wildman–Crippen LogP) is 1.64. The zero-order chi connectivity index (χ0) is 21.1. The van der Waals surface area contributed by atoms with Crippen LogP contribution in [0.5, 0.6) is 5.75 Å². The van der Waals surface area contributed by atoms with E-state index in [2.05, 4.69) is 5.32 Å². The van der Waals surface area contributed by atoms with Crippen LogP contribution < -0.4 is 20.8 Å². The minimum atomic E-state index is -1.32. The fourth-order valence-electron chi connectivity index (χ4n) is 3.85. The average molecular weight is 400 g/mol. The van der Waals surface area contributed by atoms with Crippen molar-refractivity contribution in [3.63, 3.8) is 0 Å². The molecule has 3 rings (SSSR count). The number of benzene rings is 1. The van der Waals surface area contributed by atoms with Crippen LogP contribution in [0.25, 0.3) is 11.0 Å². The third-order valence-corrected chi connectivity index (χ3v) is 5.28. The SMILES string of the molecule is Cc1c(OCC(=O)N[C@@H](CC(C)C)C(=O)[O-])ccc2c3c(c(=O)oc12)CCCC3. The average Bonchev–Trinajstić information content (AvgIpc) is 2.67. The molecule has 1 heterocycles. The highest BCUT2D eigenvalue weighted by Crippen LogP contribution is 2.32. The Bertz CT molecular complexity index is 991. The van der Waals surface area contributed by atoms with Gasteiger partial charge >= 0.3 is 5.63 Å². The second-order valence-electron chi connectivity index (χ2n) is 7.98. The number of fused-ring (bicyclic) bond motifs is 3. The molecule has 7 heteroatoms. The first-order valence-electron chi connectivity index (χ1n) is 9.99. The number of rotatable bonds is 7. The first-order valence-corrected chi connectivity index (χ1v) is 9.99. The van der Waals surface area contributed by atoms with Crippen LogP contribution in [-0.4, -0.2) is 24.5 Å². The van der Waals surface area contributed by atoms with Gasteiger partial charge in [0.05, 0.1) is 12.0 Å². The molecule has 2 aromatic rings. The molecule has 0 saturated heterocycles. The quantitative estimate of drug-likeness (QED) is 0.708. The van der Waals surface area contributed by atoms with Crippen LogP contribution in [0.4, 0.5) is 0 Å². The normalized spacial score (nSPS) is 14.5. The Balaban J connectivity index is 1.77. The number of aryl methyl sites for hydroxylation is 2. The van der Waals surface area contributed by atoms with Crippen molar-refractivity contribution in [1.82, 2.24) is 5.32 Å². The van der Waals surface area contributed by atoms with Crippen LogP contribution in [0, 0.1) is 12.8 Å². The highest BCUT2D eigenvalue weighted by molar-refractivity contribution is 5.87. The molecule has 1 aromatic carbocycles. The maximum atomic E-state index is 12.3. The number of carboxylic acids is 1. The van der Waals surface area contributed by atoms with Gasteiger partial charge in [0.1, 0.15) is 11.3 Å². The van der Waals surface area contributed by atoms with Gasteiger partial charge in [-0.2, -0.15) is 0 Å². The van der Waals surface area contributed by atoms with Crippen molar-refractivity contribution < 1.29 is 23.8 Å². The molecule has 0 aliphatic heterocycles. The first-order chi connectivity index (χ1) is 13.8. The monoisotopic (exact) mass is 400 g/mol. The molecule has 1 N–H and O–H groups in total. The standard InChI is InChI=1S/C22H27NO6/c1-12(2)10-17(21(25)26)23-19(24)11-28-18-9-8-15-14-6-4-5-7-16(14)22(27)29-20(15)13(18)3/h8-9,12,17H,4-7,10-11H2,1-3H3,(H,23,24)(H,25,26)/p-1/t17-/m0/s1. The zero-order valence-electron chi connectivity index (χ0n) is 17.0. The van der Waals surface area contributed by atoms with E-state index in [0.29, 0.717) is 16.9 Å². The summed E-state index contributed by atoms with van der Waals surface area (Å²) in [6.45, 7) is 5.16. The van der Waals surface area contributed by atoms with Crippen molar-refractivity contribution in [2.24, 2.45) is 5.92 Å². The number of carboxylic acid groups (broad SMARTS) is 1. The summed E-state index contributed by atoms with van der Waals surface area (Å²) in [6, 6.07) is 2.55. The topological polar surface area (TPSA) is 109 Å². The molecule has 0 radical (unpaired) electrons. The molecule has 0 spiro atoms. The van der Waals surface area contributed by atoms with Crippen molar-refractivity contribution in [3.05, 3.63) is 39.2 Å². The summed E-state index contributed by atoms with van der Waals surface area (Å²) in [5, 5.41) is 14.5. The maximum Gasteiger partial charge on any atom is 0.339 e. The lowest BCUT2D eigenvalue weighted by atomic mass is 9.90. The summed E-state index contributed by atoms with van der Waals surface area (Å²) in [4.78, 5) is 35.7. The van der Waals surface area contributed by atoms with Crippen LogP contribution >= 0.6 is 0 Å². The van der Waals surface area contributed by atoms with Gasteiger partial charge in [0.15, 0.2) is 6.61 Å². The third-order valence-electron chi connectivity index (χ3n) is 5.28. The molecule has 1 atom stereocenters. The summed E-state index contributed by atoms with van der Waals surface area (Å²) in [5.41, 5.74) is 2.60. The van der Waals surface area contributed by atoms with Gasteiger partial charge in [-0.05, 0) is 62.6 Å². The lowest BCUT2D eigenvalue weighted by Crippen LogP contribution is -2.49. The Morgan fingerprint density at radius 2 is 1.90 bits per heavy atom. The minimum Gasteiger partial charge on any atom is -0.548 e. The van der Waals surface area contributed by atoms with E-state index < -0.39 is 17.9 Å². The van der Waals surface area contributed by atoms with Gasteiger partial charge in [0.2, 0.25) is 0 Å². The number of nitrogens with one attached hydrogen (secondary N) is 1. The van der Waals surface area contributed by atoms with E-state index in [9.17, 15) is 19.5 Å². The summed E-state index contributed by atoms with van der Waals surface area (Å²) in [6.07, 6.45) is 3.89. The summed E-state index contributed by atoms with van der Waals surface area (Å²) >= 11 is 0. The number of carbonyl (C=O) groups is 2. The second-order valence-corrected chi connectivity index (χ2v) is 7.98. The summed E-state index contributed by atoms with van der Waals surface area (Å²) in [7, 11) is 0. The molecule has 0 bridgehead atoms. The number of amides is 1.